The van der Waals surface area contributed by atoms with Gasteiger partial charge in [-0.15, -0.1) is 0 Å². The van der Waals surface area contributed by atoms with Crippen LogP contribution in [0.3, 0.4) is 0 Å². The number of imide groups is 2. The van der Waals surface area contributed by atoms with Crippen molar-refractivity contribution >= 4 is 51.4 Å². The maximum Gasteiger partial charge on any atom is 0.351 e. The molecule has 20 nitrogen and oxygen atoms in total. The quantitative estimate of drug-likeness (QED) is 0.0410. The summed E-state index contributed by atoms with van der Waals surface area (Å²) in [5.41, 5.74) is 2.38. The molecule has 0 radical (unpaired) electrons. The van der Waals surface area contributed by atoms with Crippen molar-refractivity contribution in [2.75, 3.05) is 98.0 Å². The number of rotatable bonds is 24. The normalized spacial score (nSPS) is 17.5. The number of anilines is 1. The minimum absolute atomic E-state index is 0.0633. The van der Waals surface area contributed by atoms with Gasteiger partial charge in [0, 0.05) is 93.5 Å². The first-order valence-corrected chi connectivity index (χ1v) is 29.6. The minimum atomic E-state index is -1.39. The molecular formula is C67H66F2N8O12. The first-order valence-electron chi connectivity index (χ1n) is 29.6. The number of carbonyl (C=O) groups excluding carboxylic acids is 4. The lowest BCUT2D eigenvalue weighted by Crippen LogP contribution is -2.55. The highest BCUT2D eigenvalue weighted by Crippen LogP contribution is 2.42. The van der Waals surface area contributed by atoms with E-state index in [2.05, 4.69) is 19.8 Å². The van der Waals surface area contributed by atoms with Crippen LogP contribution in [0, 0.1) is 11.6 Å². The Labute approximate surface area is 512 Å². The van der Waals surface area contributed by atoms with E-state index in [1.165, 1.54) is 56.9 Å². The molecule has 0 aliphatic carbocycles. The van der Waals surface area contributed by atoms with E-state index in [-0.39, 0.29) is 47.1 Å². The fourth-order valence-electron chi connectivity index (χ4n) is 11.5. The van der Waals surface area contributed by atoms with Crippen molar-refractivity contribution in [1.82, 2.24) is 34.7 Å². The Morgan fingerprint density at radius 2 is 0.978 bits per heavy atom. The Morgan fingerprint density at radius 3 is 1.47 bits per heavy atom. The summed E-state index contributed by atoms with van der Waals surface area (Å²) < 4.78 is 79.9. The molecule has 0 saturated carbocycles. The Morgan fingerprint density at radius 1 is 0.494 bits per heavy atom. The van der Waals surface area contributed by atoms with Gasteiger partial charge in [-0.05, 0) is 78.1 Å². The van der Waals surface area contributed by atoms with E-state index in [4.69, 9.17) is 37.9 Å². The Kier molecular flexibility index (Phi) is 18.3. The zero-order valence-corrected chi connectivity index (χ0v) is 49.3. The number of hydrogen-bond donors (Lipinski definition) is 0. The zero-order valence-electron chi connectivity index (χ0n) is 49.3. The number of fused-ring (bicyclic) bond motifs is 2. The number of ether oxygens (including phenoxy) is 8. The fourth-order valence-corrected chi connectivity index (χ4v) is 11.5. The van der Waals surface area contributed by atoms with Crippen LogP contribution >= 0.6 is 0 Å². The van der Waals surface area contributed by atoms with Crippen LogP contribution in [0.4, 0.5) is 24.1 Å². The molecule has 2 atom stereocenters. The maximum absolute atomic E-state index is 16.6. The van der Waals surface area contributed by atoms with Gasteiger partial charge in [-0.3, -0.25) is 34.3 Å². The Hall–Kier alpha value is -9.48. The molecule has 460 valence electrons. The molecule has 4 aliphatic rings. The molecule has 22 heteroatoms. The lowest BCUT2D eigenvalue weighted by atomic mass is 10.0. The van der Waals surface area contributed by atoms with Crippen molar-refractivity contribution in [1.29, 1.82) is 0 Å². The van der Waals surface area contributed by atoms with Gasteiger partial charge in [0.1, 0.15) is 23.6 Å². The predicted octanol–water partition coefficient (Wildman–Crippen LogP) is 10.2. The zero-order chi connectivity index (χ0) is 61.4. The summed E-state index contributed by atoms with van der Waals surface area (Å²) in [6.45, 7) is 8.56. The van der Waals surface area contributed by atoms with E-state index >= 15 is 18.4 Å². The molecule has 2 aromatic heterocycles. The third-order valence-corrected chi connectivity index (χ3v) is 16.1. The van der Waals surface area contributed by atoms with Crippen LogP contribution in [0.15, 0.2) is 146 Å². The molecule has 2 unspecified atom stereocenters. The van der Waals surface area contributed by atoms with Crippen LogP contribution < -0.4 is 33.3 Å². The molecule has 0 bridgehead atoms. The molecule has 0 spiro atoms. The monoisotopic (exact) mass is 1210 g/mol. The number of benzene rings is 6. The second-order valence-electron chi connectivity index (χ2n) is 21.8. The molecule has 4 aliphatic heterocycles. The van der Waals surface area contributed by atoms with Crippen LogP contribution in [0.5, 0.6) is 46.0 Å². The molecule has 89 heavy (non-hydrogen) atoms. The SMILES string of the molecule is COc1cc2c(Oc3ccc(CN4C(=O)C(Cc5ccccc5)N(N5C(=O)N(c6ccc(Oc7ccnc8cc(OCCCN9CCOCC9)c(OC)cc78)c(F)c6)C(=O)C5Cc5ccccc5)C4=O)cc3F)ccnc2cc1OCCCN1CCOCC1. The number of hydrazine groups is 1. The van der Waals surface area contributed by atoms with Crippen molar-refractivity contribution in [2.45, 2.75) is 44.3 Å². The van der Waals surface area contributed by atoms with Gasteiger partial charge in [0.05, 0.1) is 77.1 Å². The van der Waals surface area contributed by atoms with Crippen molar-refractivity contribution in [3.63, 3.8) is 0 Å². The average Bonchev–Trinajstić information content (AvgIpc) is 1.66. The van der Waals surface area contributed by atoms with Gasteiger partial charge >= 0.3 is 12.1 Å². The number of nitrogens with zero attached hydrogens (tertiary/aromatic N) is 8. The third-order valence-electron chi connectivity index (χ3n) is 16.1. The smallest absolute Gasteiger partial charge is 0.351 e. The number of methoxy groups -OCH3 is 2. The van der Waals surface area contributed by atoms with E-state index in [1.54, 1.807) is 97.1 Å². The fraction of sp³-hybridized carbons (Fsp3) is 0.313. The molecule has 8 aromatic rings. The Bertz CT molecular complexity index is 3880. The van der Waals surface area contributed by atoms with Gasteiger partial charge in [0.25, 0.3) is 11.8 Å². The number of urea groups is 2. The van der Waals surface area contributed by atoms with Gasteiger partial charge < -0.3 is 37.9 Å². The second-order valence-corrected chi connectivity index (χ2v) is 21.8. The van der Waals surface area contributed by atoms with Crippen LogP contribution in [-0.4, -0.2) is 164 Å². The van der Waals surface area contributed by atoms with Crippen molar-refractivity contribution in [2.24, 2.45) is 0 Å². The number of halogens is 2. The van der Waals surface area contributed by atoms with Crippen molar-refractivity contribution in [3.8, 4) is 46.0 Å². The van der Waals surface area contributed by atoms with Crippen molar-refractivity contribution < 1.29 is 65.9 Å². The Balaban J connectivity index is 0.782. The van der Waals surface area contributed by atoms with Gasteiger partial charge in [-0.2, -0.15) is 0 Å². The van der Waals surface area contributed by atoms with E-state index in [0.29, 0.717) is 95.6 Å². The highest BCUT2D eigenvalue weighted by atomic mass is 19.1. The van der Waals surface area contributed by atoms with Gasteiger partial charge in [0.2, 0.25) is 0 Å². The first kappa shape index (κ1) is 59.8. The predicted molar refractivity (Wildman–Crippen MR) is 325 cm³/mol. The standard InChI is InChI=1S/C67H66F2N8O12/c1-82-60-39-48-52(41-62(60)86-29-9-23-72-25-31-84-32-26-72)70-21-19-56(48)88-58-17-15-46(35-50(58)68)43-74-64(78)54(36-44-11-5-3-6-12-44)76(66(74)80)77-55(37-45-13-7-4-8-14-45)65(79)75(67(77)81)47-16-18-59(51(69)38-47)89-57-20-22-71-53-42-63(61(83-2)40-49(53)57)87-30-10-24-73-27-33-85-34-28-73/h3-8,11-22,35,38-42,54-55H,9-10,23-34,36-37,43H2,1-2H3. The molecule has 6 amide bonds. The minimum Gasteiger partial charge on any atom is -0.493 e. The number of carbonyl (C=O) groups is 4. The summed E-state index contributed by atoms with van der Waals surface area (Å²) in [7, 11) is 3.05. The van der Waals surface area contributed by atoms with Crippen LogP contribution in [-0.2, 0) is 38.4 Å². The van der Waals surface area contributed by atoms with Crippen LogP contribution in [0.25, 0.3) is 21.8 Å². The summed E-state index contributed by atoms with van der Waals surface area (Å²) in [5.74, 6) is -1.20. The highest BCUT2D eigenvalue weighted by molar-refractivity contribution is 6.22. The number of aromatic nitrogens is 2. The average molecular weight is 1210 g/mol. The molecular weight excluding hydrogens is 1150 g/mol. The second kappa shape index (κ2) is 27.3. The summed E-state index contributed by atoms with van der Waals surface area (Å²) in [6.07, 6.45) is 4.49. The maximum atomic E-state index is 16.6. The molecule has 4 saturated heterocycles. The number of amides is 6. The number of pyridine rings is 2. The summed E-state index contributed by atoms with van der Waals surface area (Å²) in [6, 6.07) is 31.0. The van der Waals surface area contributed by atoms with Crippen LogP contribution in [0.1, 0.15) is 29.5 Å². The van der Waals surface area contributed by atoms with Gasteiger partial charge in [0.15, 0.2) is 46.1 Å². The van der Waals surface area contributed by atoms with E-state index < -0.39 is 54.1 Å². The lowest BCUT2D eigenvalue weighted by Gasteiger charge is -2.33. The molecule has 12 rings (SSSR count). The summed E-state index contributed by atoms with van der Waals surface area (Å²) >= 11 is 0. The van der Waals surface area contributed by atoms with E-state index in [1.807, 2.05) is 0 Å². The topological polar surface area (TPSA) is 187 Å². The van der Waals surface area contributed by atoms with Gasteiger partial charge in [-0.25, -0.2) is 33.3 Å². The lowest BCUT2D eigenvalue weighted by molar-refractivity contribution is -0.131. The van der Waals surface area contributed by atoms with E-state index in [9.17, 15) is 9.59 Å². The summed E-state index contributed by atoms with van der Waals surface area (Å²) in [5, 5.41) is 3.04. The van der Waals surface area contributed by atoms with Gasteiger partial charge in [-0.1, -0.05) is 66.7 Å². The molecule has 6 aromatic carbocycles. The summed E-state index contributed by atoms with van der Waals surface area (Å²) in [4.78, 5) is 75.6. The first-order chi connectivity index (χ1) is 43.5. The van der Waals surface area contributed by atoms with Crippen LogP contribution in [0.2, 0.25) is 0 Å². The molecule has 4 fully saturated rings. The highest BCUT2D eigenvalue weighted by Gasteiger charge is 2.57. The third kappa shape index (κ3) is 13.2. The van der Waals surface area contributed by atoms with E-state index in [0.717, 1.165) is 78.0 Å². The number of hydrogen-bond acceptors (Lipinski definition) is 16. The number of morpholine rings is 2. The molecule has 0 N–H and O–H groups in total. The van der Waals surface area contributed by atoms with Crippen molar-refractivity contribution in [3.05, 3.63) is 174 Å². The largest absolute Gasteiger partial charge is 0.493 e. The molecule has 6 heterocycles.